The zero-order valence-corrected chi connectivity index (χ0v) is 17.7. The number of amides is 2. The molecule has 33 heavy (non-hydrogen) atoms. The number of carbonyl (C=O) groups is 3. The van der Waals surface area contributed by atoms with Gasteiger partial charge >= 0.3 is 5.97 Å². The average Bonchev–Trinajstić information content (AvgIpc) is 3.31. The number of carboxylic acids is 1. The molecule has 0 aromatic heterocycles. The minimum absolute atomic E-state index is 0.0327. The molecule has 8 nitrogen and oxygen atoms in total. The second kappa shape index (κ2) is 7.60. The maximum absolute atomic E-state index is 12.9. The second-order valence-electron chi connectivity index (χ2n) is 8.50. The molecule has 0 bridgehead atoms. The molecule has 2 saturated heterocycles. The van der Waals surface area contributed by atoms with Gasteiger partial charge in [0.25, 0.3) is 0 Å². The molecule has 4 atom stereocenters. The predicted octanol–water partition coefficient (Wildman–Crippen LogP) is 2.15. The van der Waals surface area contributed by atoms with Crippen molar-refractivity contribution in [3.05, 3.63) is 71.8 Å². The molecular formula is C25H22N2O6. The first-order valence-electron chi connectivity index (χ1n) is 10.5. The van der Waals surface area contributed by atoms with E-state index in [2.05, 4.69) is 10.6 Å². The lowest BCUT2D eigenvalue weighted by atomic mass is 9.76. The summed E-state index contributed by atoms with van der Waals surface area (Å²) in [6.45, 7) is 0. The lowest BCUT2D eigenvalue weighted by molar-refractivity contribution is -0.149. The smallest absolute Gasteiger partial charge is 0.325 e. The van der Waals surface area contributed by atoms with Gasteiger partial charge < -0.3 is 14.9 Å². The van der Waals surface area contributed by atoms with Gasteiger partial charge in [-0.25, -0.2) is 0 Å². The predicted molar refractivity (Wildman–Crippen MR) is 119 cm³/mol. The van der Waals surface area contributed by atoms with E-state index in [0.29, 0.717) is 11.3 Å². The largest absolute Gasteiger partial charge is 0.508 e. The minimum atomic E-state index is -1.70. The number of aromatic hydroxyl groups is 1. The quantitative estimate of drug-likeness (QED) is 0.443. The van der Waals surface area contributed by atoms with E-state index in [9.17, 15) is 24.6 Å². The summed E-state index contributed by atoms with van der Waals surface area (Å²) in [4.78, 5) is 38.5. The summed E-state index contributed by atoms with van der Waals surface area (Å²) in [5.41, 5.74) is -0.363. The molecule has 2 aliphatic heterocycles. The third-order valence-corrected chi connectivity index (χ3v) is 6.77. The number of carbonyl (C=O) groups excluding carboxylic acids is 2. The van der Waals surface area contributed by atoms with Crippen LogP contribution >= 0.6 is 0 Å². The number of phenolic OH excluding ortho intramolecular Hbond substituents is 1. The molecule has 0 aliphatic carbocycles. The van der Waals surface area contributed by atoms with E-state index < -0.39 is 41.2 Å². The third-order valence-electron chi connectivity index (χ3n) is 6.77. The van der Waals surface area contributed by atoms with Crippen LogP contribution in [0.4, 0.5) is 0 Å². The Balaban J connectivity index is 1.67. The van der Waals surface area contributed by atoms with Crippen LogP contribution in [0.25, 0.3) is 10.8 Å². The molecule has 3 aromatic rings. The molecule has 2 amide bonds. The van der Waals surface area contributed by atoms with Crippen LogP contribution in [0, 0.1) is 11.8 Å². The van der Waals surface area contributed by atoms with Crippen molar-refractivity contribution >= 4 is 28.6 Å². The van der Waals surface area contributed by atoms with E-state index in [-0.39, 0.29) is 12.2 Å². The molecule has 0 saturated carbocycles. The Labute approximate surface area is 189 Å². The molecule has 2 aliphatic rings. The number of methoxy groups -OCH3 is 1. The van der Waals surface area contributed by atoms with Gasteiger partial charge in [0.05, 0.1) is 18.9 Å². The average molecular weight is 446 g/mol. The number of hydrogen-bond donors (Lipinski definition) is 4. The van der Waals surface area contributed by atoms with Crippen molar-refractivity contribution in [2.45, 2.75) is 18.0 Å². The summed E-state index contributed by atoms with van der Waals surface area (Å²) in [7, 11) is 1.57. The molecule has 0 radical (unpaired) electrons. The van der Waals surface area contributed by atoms with E-state index >= 15 is 0 Å². The van der Waals surface area contributed by atoms with Crippen molar-refractivity contribution in [1.29, 1.82) is 0 Å². The van der Waals surface area contributed by atoms with Crippen LogP contribution in [-0.4, -0.2) is 40.6 Å². The topological polar surface area (TPSA) is 125 Å². The van der Waals surface area contributed by atoms with Crippen molar-refractivity contribution < 1.29 is 29.3 Å². The molecule has 8 heteroatoms. The van der Waals surface area contributed by atoms with Crippen LogP contribution < -0.4 is 15.4 Å². The number of nitrogens with one attached hydrogen (secondary N) is 2. The van der Waals surface area contributed by atoms with E-state index in [1.165, 1.54) is 12.1 Å². The maximum atomic E-state index is 12.9. The van der Waals surface area contributed by atoms with Crippen LogP contribution in [0.15, 0.2) is 60.7 Å². The highest BCUT2D eigenvalue weighted by atomic mass is 16.5. The number of fused-ring (bicyclic) bond motifs is 2. The van der Waals surface area contributed by atoms with Crippen molar-refractivity contribution in [2.24, 2.45) is 11.8 Å². The van der Waals surface area contributed by atoms with Gasteiger partial charge in [0.15, 0.2) is 0 Å². The highest BCUT2D eigenvalue weighted by molar-refractivity contribution is 6.10. The van der Waals surface area contributed by atoms with Gasteiger partial charge in [-0.15, -0.1) is 0 Å². The van der Waals surface area contributed by atoms with Crippen LogP contribution in [0.3, 0.4) is 0 Å². The molecular weight excluding hydrogens is 424 g/mol. The number of imide groups is 1. The number of ether oxygens (including phenoxy) is 1. The number of benzene rings is 3. The van der Waals surface area contributed by atoms with Crippen LogP contribution in [0.5, 0.6) is 11.5 Å². The number of aliphatic carboxylic acids is 1. The minimum Gasteiger partial charge on any atom is -0.508 e. The Morgan fingerprint density at radius 2 is 1.70 bits per heavy atom. The fraction of sp³-hybridized carbons (Fsp3) is 0.240. The number of hydrogen-bond acceptors (Lipinski definition) is 6. The summed E-state index contributed by atoms with van der Waals surface area (Å²) >= 11 is 0. The van der Waals surface area contributed by atoms with Crippen LogP contribution in [-0.2, 0) is 20.8 Å². The first kappa shape index (κ1) is 21.0. The van der Waals surface area contributed by atoms with E-state index in [1.54, 1.807) is 25.3 Å². The number of carboxylic acid groups (broad SMARTS) is 1. The van der Waals surface area contributed by atoms with Crippen molar-refractivity contribution in [3.63, 3.8) is 0 Å². The molecule has 4 unspecified atom stereocenters. The van der Waals surface area contributed by atoms with Crippen LogP contribution in [0.2, 0.25) is 0 Å². The molecule has 2 fully saturated rings. The number of rotatable bonds is 5. The lowest BCUT2D eigenvalue weighted by Gasteiger charge is -2.30. The fourth-order valence-electron chi connectivity index (χ4n) is 5.31. The maximum Gasteiger partial charge on any atom is 0.325 e. The lowest BCUT2D eigenvalue weighted by Crippen LogP contribution is -2.57. The zero-order chi connectivity index (χ0) is 23.3. The van der Waals surface area contributed by atoms with Gasteiger partial charge in [-0.1, -0.05) is 42.5 Å². The Bertz CT molecular complexity index is 1290. The van der Waals surface area contributed by atoms with Gasteiger partial charge in [-0.2, -0.15) is 0 Å². The molecule has 168 valence electrons. The van der Waals surface area contributed by atoms with Crippen LogP contribution in [0.1, 0.15) is 17.2 Å². The molecule has 5 rings (SSSR count). The summed E-state index contributed by atoms with van der Waals surface area (Å²) in [5.74, 6) is -3.57. The van der Waals surface area contributed by atoms with Crippen molar-refractivity contribution in [2.75, 3.05) is 7.11 Å². The zero-order valence-electron chi connectivity index (χ0n) is 17.7. The Kier molecular flexibility index (Phi) is 4.83. The monoisotopic (exact) mass is 446 g/mol. The van der Waals surface area contributed by atoms with E-state index in [0.717, 1.165) is 16.3 Å². The Hall–Kier alpha value is -3.91. The van der Waals surface area contributed by atoms with E-state index in [1.807, 2.05) is 30.3 Å². The third kappa shape index (κ3) is 3.14. The van der Waals surface area contributed by atoms with Crippen molar-refractivity contribution in [1.82, 2.24) is 10.6 Å². The standard InChI is InChI=1S/C25H22N2O6/c1-33-18-11-10-17(15-4-2-3-5-16(15)18)21-19-20(23(30)26-22(19)29)25(27-21,24(31)32)12-13-6-8-14(28)9-7-13/h2-11,19-21,27-28H,12H2,1H3,(H,31,32)(H,26,29,30). The summed E-state index contributed by atoms with van der Waals surface area (Å²) in [5, 5.41) is 27.1. The SMILES string of the molecule is COc1ccc(C2NC(Cc3ccc(O)cc3)(C(=O)O)C3C(=O)NC(=O)C23)c2ccccc12. The molecule has 0 spiro atoms. The highest BCUT2D eigenvalue weighted by Crippen LogP contribution is 2.49. The fourth-order valence-corrected chi connectivity index (χ4v) is 5.31. The van der Waals surface area contributed by atoms with Gasteiger partial charge in [0.2, 0.25) is 11.8 Å². The first-order chi connectivity index (χ1) is 15.9. The molecule has 2 heterocycles. The van der Waals surface area contributed by atoms with Gasteiger partial charge in [0, 0.05) is 17.8 Å². The van der Waals surface area contributed by atoms with Crippen molar-refractivity contribution in [3.8, 4) is 11.5 Å². The summed E-state index contributed by atoms with van der Waals surface area (Å²) in [6.07, 6.45) is -0.0327. The number of phenols is 1. The Morgan fingerprint density at radius 3 is 2.36 bits per heavy atom. The first-order valence-corrected chi connectivity index (χ1v) is 10.5. The van der Waals surface area contributed by atoms with E-state index in [4.69, 9.17) is 4.74 Å². The normalized spacial score (nSPS) is 26.3. The molecule has 3 aromatic carbocycles. The van der Waals surface area contributed by atoms with Gasteiger partial charge in [-0.05, 0) is 34.7 Å². The highest BCUT2D eigenvalue weighted by Gasteiger charge is 2.66. The van der Waals surface area contributed by atoms with Gasteiger partial charge in [-0.3, -0.25) is 25.0 Å². The van der Waals surface area contributed by atoms with Gasteiger partial charge in [0.1, 0.15) is 17.0 Å². The second-order valence-corrected chi connectivity index (χ2v) is 8.50. The summed E-state index contributed by atoms with van der Waals surface area (Å²) < 4.78 is 5.47. The molecule has 4 N–H and O–H groups in total. The Morgan fingerprint density at radius 1 is 1.00 bits per heavy atom. The summed E-state index contributed by atoms with van der Waals surface area (Å²) in [6, 6.07) is 16.6.